The predicted molar refractivity (Wildman–Crippen MR) is 79.4 cm³/mol. The molecule has 9 heteroatoms. The smallest absolute Gasteiger partial charge is 0.227 e. The second-order valence-corrected chi connectivity index (χ2v) is 5.49. The van der Waals surface area contributed by atoms with E-state index in [1.54, 1.807) is 16.8 Å². The maximum Gasteiger partial charge on any atom is 0.227 e. The van der Waals surface area contributed by atoms with Crippen molar-refractivity contribution in [2.24, 2.45) is 5.73 Å². The number of carbonyl (C=O) groups excluding carboxylic acids is 1. The Morgan fingerprint density at radius 3 is 3.00 bits per heavy atom. The van der Waals surface area contributed by atoms with Crippen LogP contribution in [-0.2, 0) is 4.79 Å². The summed E-state index contributed by atoms with van der Waals surface area (Å²) >= 11 is 7.18. The van der Waals surface area contributed by atoms with E-state index >= 15 is 0 Å². The maximum atomic E-state index is 10.9. The number of benzene rings is 1. The molecule has 0 aliphatic heterocycles. The highest BCUT2D eigenvalue weighted by molar-refractivity contribution is 8.00. The van der Waals surface area contributed by atoms with Crippen LogP contribution in [0.1, 0.15) is 0 Å². The van der Waals surface area contributed by atoms with Gasteiger partial charge in [-0.25, -0.2) is 9.97 Å². The molecule has 7 nitrogen and oxygen atoms in total. The van der Waals surface area contributed by atoms with Gasteiger partial charge < -0.3 is 5.73 Å². The Kier molecular flexibility index (Phi) is 3.72. The summed E-state index contributed by atoms with van der Waals surface area (Å²) in [4.78, 5) is 19.2. The van der Waals surface area contributed by atoms with Crippen molar-refractivity contribution in [1.29, 1.82) is 0 Å². The first-order chi connectivity index (χ1) is 10.1. The lowest BCUT2D eigenvalue weighted by Crippen LogP contribution is -2.13. The van der Waals surface area contributed by atoms with Gasteiger partial charge in [0.15, 0.2) is 11.2 Å². The van der Waals surface area contributed by atoms with Gasteiger partial charge in [0, 0.05) is 5.02 Å². The fraction of sp³-hybridized carbons (Fsp3) is 0.0833. The van der Waals surface area contributed by atoms with E-state index in [2.05, 4.69) is 20.3 Å². The molecule has 1 aromatic carbocycles. The molecule has 0 bridgehead atoms. The van der Waals surface area contributed by atoms with Gasteiger partial charge >= 0.3 is 0 Å². The third-order valence-corrected chi connectivity index (χ3v) is 3.84. The molecule has 0 aliphatic carbocycles. The van der Waals surface area contributed by atoms with Gasteiger partial charge in [-0.1, -0.05) is 34.6 Å². The Bertz CT molecular complexity index is 820. The van der Waals surface area contributed by atoms with Crippen LogP contribution in [0.5, 0.6) is 0 Å². The van der Waals surface area contributed by atoms with E-state index < -0.39 is 5.91 Å². The zero-order valence-electron chi connectivity index (χ0n) is 10.6. The van der Waals surface area contributed by atoms with Crippen LogP contribution in [0.3, 0.4) is 0 Å². The summed E-state index contributed by atoms with van der Waals surface area (Å²) in [5, 5.41) is 9.30. The fourth-order valence-corrected chi connectivity index (χ4v) is 2.61. The highest BCUT2D eigenvalue weighted by atomic mass is 35.5. The van der Waals surface area contributed by atoms with E-state index in [4.69, 9.17) is 17.3 Å². The second-order valence-electron chi connectivity index (χ2n) is 4.09. The van der Waals surface area contributed by atoms with Gasteiger partial charge in [0.1, 0.15) is 11.4 Å². The molecule has 0 saturated carbocycles. The first-order valence-electron chi connectivity index (χ1n) is 5.88. The van der Waals surface area contributed by atoms with Crippen LogP contribution in [0.15, 0.2) is 35.6 Å². The molecule has 2 heterocycles. The van der Waals surface area contributed by atoms with Gasteiger partial charge in [0.2, 0.25) is 5.91 Å². The van der Waals surface area contributed by atoms with Crippen LogP contribution < -0.4 is 5.73 Å². The summed E-state index contributed by atoms with van der Waals surface area (Å²) in [6, 6.07) is 7.19. The van der Waals surface area contributed by atoms with E-state index in [1.165, 1.54) is 18.1 Å². The van der Waals surface area contributed by atoms with E-state index in [1.807, 2.05) is 12.1 Å². The summed E-state index contributed by atoms with van der Waals surface area (Å²) in [7, 11) is 0. The lowest BCUT2D eigenvalue weighted by Gasteiger charge is -2.02. The molecular formula is C12H9ClN6OS. The van der Waals surface area contributed by atoms with Crippen molar-refractivity contribution in [3.8, 4) is 5.69 Å². The molecule has 0 saturated heterocycles. The molecule has 0 spiro atoms. The van der Waals surface area contributed by atoms with Crippen molar-refractivity contribution in [1.82, 2.24) is 25.0 Å². The third-order valence-electron chi connectivity index (χ3n) is 2.61. The van der Waals surface area contributed by atoms with Gasteiger partial charge in [-0.05, 0) is 18.2 Å². The number of fused-ring (bicyclic) bond motifs is 1. The summed E-state index contributed by atoms with van der Waals surface area (Å²) in [6.45, 7) is 0. The molecule has 2 aromatic heterocycles. The fourth-order valence-electron chi connectivity index (χ4n) is 1.76. The molecule has 0 aliphatic rings. The van der Waals surface area contributed by atoms with Crippen LogP contribution in [0.2, 0.25) is 5.02 Å². The molecule has 1 amide bonds. The Labute approximate surface area is 128 Å². The number of rotatable bonds is 4. The lowest BCUT2D eigenvalue weighted by atomic mass is 10.3. The monoisotopic (exact) mass is 320 g/mol. The summed E-state index contributed by atoms with van der Waals surface area (Å²) < 4.78 is 1.57. The predicted octanol–water partition coefficient (Wildman–Crippen LogP) is 1.44. The van der Waals surface area contributed by atoms with Gasteiger partial charge in [0.05, 0.1) is 11.4 Å². The number of nitrogens with two attached hydrogens (primary N) is 1. The van der Waals surface area contributed by atoms with Crippen LogP contribution in [0.25, 0.3) is 16.9 Å². The van der Waals surface area contributed by atoms with E-state index in [-0.39, 0.29) is 5.75 Å². The Morgan fingerprint density at radius 2 is 2.24 bits per heavy atom. The number of amides is 1. The number of primary amides is 1. The van der Waals surface area contributed by atoms with Crippen molar-refractivity contribution in [3.05, 3.63) is 35.6 Å². The zero-order chi connectivity index (χ0) is 14.8. The first-order valence-corrected chi connectivity index (χ1v) is 7.25. The number of aromatic nitrogens is 5. The number of hydrogen-bond donors (Lipinski definition) is 1. The molecule has 0 unspecified atom stereocenters. The SMILES string of the molecule is NC(=O)CSc1ncnc2c1nnn2-c1cccc(Cl)c1. The number of carbonyl (C=O) groups is 1. The minimum atomic E-state index is -0.422. The molecular weight excluding hydrogens is 312 g/mol. The number of thioether (sulfide) groups is 1. The molecule has 2 N–H and O–H groups in total. The van der Waals surface area contributed by atoms with E-state index in [0.717, 1.165) is 5.69 Å². The highest BCUT2D eigenvalue weighted by Gasteiger charge is 2.14. The highest BCUT2D eigenvalue weighted by Crippen LogP contribution is 2.24. The van der Waals surface area contributed by atoms with Crippen molar-refractivity contribution in [2.75, 3.05) is 5.75 Å². The van der Waals surface area contributed by atoms with Crippen molar-refractivity contribution in [2.45, 2.75) is 5.03 Å². The van der Waals surface area contributed by atoms with Crippen LogP contribution in [0, 0.1) is 0 Å². The largest absolute Gasteiger partial charge is 0.369 e. The van der Waals surface area contributed by atoms with Crippen LogP contribution in [0.4, 0.5) is 0 Å². The summed E-state index contributed by atoms with van der Waals surface area (Å²) in [6.07, 6.45) is 1.40. The molecule has 3 aromatic rings. The summed E-state index contributed by atoms with van der Waals surface area (Å²) in [5.41, 5.74) is 6.94. The molecule has 0 fully saturated rings. The average Bonchev–Trinajstić information content (AvgIpc) is 2.89. The molecule has 3 rings (SSSR count). The normalized spacial score (nSPS) is 10.9. The number of nitrogens with zero attached hydrogens (tertiary/aromatic N) is 5. The zero-order valence-corrected chi connectivity index (χ0v) is 12.2. The second kappa shape index (κ2) is 5.66. The summed E-state index contributed by atoms with van der Waals surface area (Å²) in [5.74, 6) is -0.301. The van der Waals surface area contributed by atoms with Gasteiger partial charge in [-0.3, -0.25) is 4.79 Å². The van der Waals surface area contributed by atoms with Crippen molar-refractivity contribution in [3.63, 3.8) is 0 Å². The minimum absolute atomic E-state index is 0.121. The first kappa shape index (κ1) is 13.8. The quantitative estimate of drug-likeness (QED) is 0.577. The molecule has 0 radical (unpaired) electrons. The minimum Gasteiger partial charge on any atom is -0.369 e. The van der Waals surface area contributed by atoms with Gasteiger partial charge in [-0.15, -0.1) is 5.10 Å². The van der Waals surface area contributed by atoms with Crippen molar-refractivity contribution < 1.29 is 4.79 Å². The van der Waals surface area contributed by atoms with Crippen LogP contribution >= 0.6 is 23.4 Å². The van der Waals surface area contributed by atoms with E-state index in [0.29, 0.717) is 21.2 Å². The Balaban J connectivity index is 2.06. The number of halogens is 1. The van der Waals surface area contributed by atoms with Gasteiger partial charge in [-0.2, -0.15) is 4.68 Å². The molecule has 106 valence electrons. The number of hydrogen-bond acceptors (Lipinski definition) is 6. The molecule has 0 atom stereocenters. The standard InChI is InChI=1S/C12H9ClN6OS/c13-7-2-1-3-8(4-7)19-11-10(17-18-19)12(16-6-15-11)21-5-9(14)20/h1-4,6H,5H2,(H2,14,20). The van der Waals surface area contributed by atoms with Gasteiger partial charge in [0.25, 0.3) is 0 Å². The average molecular weight is 321 g/mol. The van der Waals surface area contributed by atoms with E-state index in [9.17, 15) is 4.79 Å². The third kappa shape index (κ3) is 2.81. The molecule has 21 heavy (non-hydrogen) atoms. The lowest BCUT2D eigenvalue weighted by molar-refractivity contribution is -0.115. The Hall–Kier alpha value is -2.19. The Morgan fingerprint density at radius 1 is 1.38 bits per heavy atom. The topological polar surface area (TPSA) is 99.6 Å². The van der Waals surface area contributed by atoms with Crippen LogP contribution in [-0.4, -0.2) is 36.6 Å². The maximum absolute atomic E-state index is 10.9. The van der Waals surface area contributed by atoms with Crippen molar-refractivity contribution >= 4 is 40.4 Å².